The average Bonchev–Trinajstić information content (AvgIpc) is 3.68. The van der Waals surface area contributed by atoms with Gasteiger partial charge in [0.2, 0.25) is 5.95 Å². The predicted molar refractivity (Wildman–Crippen MR) is 173 cm³/mol. The number of hydrogen-bond acceptors (Lipinski definition) is 9. The molecule has 3 heterocycles. The Morgan fingerprint density at radius 1 is 1.00 bits per heavy atom. The van der Waals surface area contributed by atoms with Gasteiger partial charge in [0.25, 0.3) is 5.56 Å². The molecule has 2 N–H and O–H groups in total. The van der Waals surface area contributed by atoms with E-state index in [4.69, 9.17) is 18.9 Å². The van der Waals surface area contributed by atoms with Gasteiger partial charge in [-0.1, -0.05) is 54.6 Å². The highest BCUT2D eigenvalue weighted by molar-refractivity contribution is 5.71. The minimum atomic E-state index is -1.07. The van der Waals surface area contributed by atoms with Gasteiger partial charge >= 0.3 is 0 Å². The Balaban J connectivity index is 1.35. The number of aliphatic imine (C=N–C) groups is 1. The maximum absolute atomic E-state index is 12.7. The number of ether oxygens (including phenoxy) is 4. The lowest BCUT2D eigenvalue weighted by Gasteiger charge is -2.37. The number of imidazole rings is 1. The van der Waals surface area contributed by atoms with Crippen LogP contribution in [0.1, 0.15) is 29.3 Å². The number of hydrogen-bond donors (Lipinski definition) is 2. The van der Waals surface area contributed by atoms with Gasteiger partial charge in [-0.15, -0.1) is 0 Å². The highest BCUT2D eigenvalue weighted by atomic mass is 16.6. The molecule has 1 aliphatic rings. The molecule has 0 spiro atoms. The second kappa shape index (κ2) is 13.1. The van der Waals surface area contributed by atoms with Gasteiger partial charge < -0.3 is 29.0 Å². The summed E-state index contributed by atoms with van der Waals surface area (Å²) in [6.07, 6.45) is 1.08. The van der Waals surface area contributed by atoms with E-state index in [0.29, 0.717) is 17.1 Å². The molecule has 12 heteroatoms. The number of fused-ring (bicyclic) bond motifs is 1. The van der Waals surface area contributed by atoms with Crippen molar-refractivity contribution in [2.45, 2.75) is 30.5 Å². The summed E-state index contributed by atoms with van der Waals surface area (Å²) in [7, 11) is 6.88. The first-order chi connectivity index (χ1) is 22.3. The number of methoxy groups -OCH3 is 2. The van der Waals surface area contributed by atoms with Gasteiger partial charge in [0.1, 0.15) is 29.4 Å². The van der Waals surface area contributed by atoms with Gasteiger partial charge in [0.05, 0.1) is 39.6 Å². The van der Waals surface area contributed by atoms with Crippen LogP contribution in [0.3, 0.4) is 0 Å². The van der Waals surface area contributed by atoms with Crippen LogP contribution in [0.4, 0.5) is 5.95 Å². The van der Waals surface area contributed by atoms with Crippen molar-refractivity contribution >= 4 is 23.5 Å². The molecule has 3 aromatic carbocycles. The summed E-state index contributed by atoms with van der Waals surface area (Å²) in [5.74, 6) is 1.57. The Kier molecular flexibility index (Phi) is 8.84. The number of aromatic amines is 1. The number of benzene rings is 3. The van der Waals surface area contributed by atoms with Crippen molar-refractivity contribution in [2.75, 3.05) is 34.9 Å². The largest absolute Gasteiger partial charge is 0.497 e. The summed E-state index contributed by atoms with van der Waals surface area (Å²) in [5.41, 5.74) is 1.60. The number of aliphatic hydroxyl groups is 1. The van der Waals surface area contributed by atoms with Crippen LogP contribution >= 0.6 is 0 Å². The molecule has 12 nitrogen and oxygen atoms in total. The van der Waals surface area contributed by atoms with Crippen LogP contribution in [0.15, 0.2) is 95.0 Å². The van der Waals surface area contributed by atoms with Crippen LogP contribution in [-0.2, 0) is 15.1 Å². The number of aromatic nitrogens is 4. The molecular formula is C34H36N6O6. The van der Waals surface area contributed by atoms with E-state index in [9.17, 15) is 9.90 Å². The molecule has 0 unspecified atom stereocenters. The zero-order valence-corrected chi connectivity index (χ0v) is 26.0. The third-order valence-electron chi connectivity index (χ3n) is 7.98. The Hall–Kier alpha value is -5.04. The molecule has 0 radical (unpaired) electrons. The summed E-state index contributed by atoms with van der Waals surface area (Å²) < 4.78 is 25.9. The second-order valence-electron chi connectivity index (χ2n) is 11.2. The molecule has 238 valence electrons. The minimum Gasteiger partial charge on any atom is -0.497 e. The zero-order valence-electron chi connectivity index (χ0n) is 26.0. The third kappa shape index (κ3) is 5.97. The molecule has 2 aromatic heterocycles. The lowest BCUT2D eigenvalue weighted by atomic mass is 9.80. The molecule has 6 rings (SSSR count). The number of aliphatic hydroxyl groups excluding tert-OH is 1. The van der Waals surface area contributed by atoms with Crippen molar-refractivity contribution < 1.29 is 24.1 Å². The van der Waals surface area contributed by atoms with E-state index in [1.165, 1.54) is 6.33 Å². The van der Waals surface area contributed by atoms with Gasteiger partial charge in [-0.3, -0.25) is 14.3 Å². The topological polar surface area (TPSA) is 136 Å². The summed E-state index contributed by atoms with van der Waals surface area (Å²) >= 11 is 0. The van der Waals surface area contributed by atoms with E-state index in [-0.39, 0.29) is 24.5 Å². The van der Waals surface area contributed by atoms with Crippen LogP contribution in [0.2, 0.25) is 0 Å². The van der Waals surface area contributed by atoms with Gasteiger partial charge in [0, 0.05) is 20.5 Å². The summed E-state index contributed by atoms with van der Waals surface area (Å²) in [5, 5.41) is 11.2. The number of nitrogens with one attached hydrogen (secondary N) is 1. The first kappa shape index (κ1) is 31.0. The Morgan fingerprint density at radius 2 is 1.61 bits per heavy atom. The normalized spacial score (nSPS) is 18.3. The molecule has 0 saturated carbocycles. The van der Waals surface area contributed by atoms with E-state index < -0.39 is 29.6 Å². The zero-order chi connectivity index (χ0) is 32.3. The van der Waals surface area contributed by atoms with E-state index in [0.717, 1.165) is 16.7 Å². The smallest absolute Gasteiger partial charge is 0.280 e. The summed E-state index contributed by atoms with van der Waals surface area (Å²) in [6.45, 7) is 0.0453. The van der Waals surface area contributed by atoms with Crippen molar-refractivity contribution in [2.24, 2.45) is 4.99 Å². The van der Waals surface area contributed by atoms with E-state index in [1.54, 1.807) is 30.0 Å². The standard InChI is InChI=1S/C34H36N6O6/c1-39(2)20-36-33-37-31-30(32(42)38-33)35-21-40(31)29-18-27(41)28(46-29)19-45-34(22-8-6-5-7-9-22,23-10-14-25(43-3)15-11-23)24-12-16-26(44-4)17-13-24/h5-17,20-21,27-29,41H,18-19H2,1-4H3,(H,37,38,42)/t27-,28-,29-/m1/s1. The number of H-pyrrole nitrogens is 1. The molecule has 1 saturated heterocycles. The highest BCUT2D eigenvalue weighted by Crippen LogP contribution is 2.43. The van der Waals surface area contributed by atoms with E-state index in [1.807, 2.05) is 93.0 Å². The molecule has 3 atom stereocenters. The van der Waals surface area contributed by atoms with Crippen molar-refractivity contribution in [1.29, 1.82) is 0 Å². The minimum absolute atomic E-state index is 0.0453. The van der Waals surface area contributed by atoms with Gasteiger partial charge in [-0.05, 0) is 41.0 Å². The van der Waals surface area contributed by atoms with Gasteiger partial charge in [-0.25, -0.2) is 9.98 Å². The predicted octanol–water partition coefficient (Wildman–Crippen LogP) is 4.02. The fourth-order valence-corrected chi connectivity index (χ4v) is 5.67. The summed E-state index contributed by atoms with van der Waals surface area (Å²) in [4.78, 5) is 30.1. The molecule has 0 amide bonds. The van der Waals surface area contributed by atoms with E-state index in [2.05, 4.69) is 19.9 Å². The number of nitrogens with zero attached hydrogens (tertiary/aromatic N) is 5. The SMILES string of the molecule is COc1ccc(C(OC[C@H]2O[C@@H](n3cnc4c(=O)[nH]c(N=CN(C)C)nc43)C[C@H]2O)(c2ccccc2)c2ccc(OC)cc2)cc1. The first-order valence-corrected chi connectivity index (χ1v) is 14.8. The van der Waals surface area contributed by atoms with Crippen LogP contribution in [0.5, 0.6) is 11.5 Å². The van der Waals surface area contributed by atoms with Crippen molar-refractivity contribution in [3.05, 3.63) is 112 Å². The van der Waals surface area contributed by atoms with Crippen LogP contribution in [0, 0.1) is 0 Å². The monoisotopic (exact) mass is 624 g/mol. The van der Waals surface area contributed by atoms with Crippen molar-refractivity contribution in [3.63, 3.8) is 0 Å². The molecular weight excluding hydrogens is 588 g/mol. The van der Waals surface area contributed by atoms with Crippen molar-refractivity contribution in [3.8, 4) is 11.5 Å². The van der Waals surface area contributed by atoms with Gasteiger partial charge in [-0.2, -0.15) is 4.98 Å². The molecule has 0 bridgehead atoms. The molecule has 1 fully saturated rings. The second-order valence-corrected chi connectivity index (χ2v) is 11.2. The molecule has 0 aliphatic carbocycles. The fraction of sp³-hybridized carbons (Fsp3) is 0.294. The van der Waals surface area contributed by atoms with Crippen LogP contribution < -0.4 is 15.0 Å². The third-order valence-corrected chi connectivity index (χ3v) is 7.98. The first-order valence-electron chi connectivity index (χ1n) is 14.8. The lowest BCUT2D eigenvalue weighted by Crippen LogP contribution is -2.38. The molecule has 46 heavy (non-hydrogen) atoms. The average molecular weight is 625 g/mol. The Morgan fingerprint density at radius 3 is 2.20 bits per heavy atom. The van der Waals surface area contributed by atoms with Crippen LogP contribution in [0.25, 0.3) is 11.2 Å². The lowest BCUT2D eigenvalue weighted by molar-refractivity contribution is -0.0931. The van der Waals surface area contributed by atoms with Gasteiger partial charge in [0.15, 0.2) is 11.2 Å². The molecule has 5 aromatic rings. The number of rotatable bonds is 11. The highest BCUT2D eigenvalue weighted by Gasteiger charge is 2.42. The quantitative estimate of drug-likeness (QED) is 0.127. The van der Waals surface area contributed by atoms with Crippen LogP contribution in [-0.4, -0.2) is 83.0 Å². The summed E-state index contributed by atoms with van der Waals surface area (Å²) in [6, 6.07) is 25.4. The Bertz CT molecular complexity index is 1810. The maximum Gasteiger partial charge on any atom is 0.280 e. The fourth-order valence-electron chi connectivity index (χ4n) is 5.67. The van der Waals surface area contributed by atoms with Crippen molar-refractivity contribution in [1.82, 2.24) is 24.4 Å². The maximum atomic E-state index is 12.7. The molecule has 1 aliphatic heterocycles. The Labute approximate surface area is 265 Å². The van der Waals surface area contributed by atoms with E-state index >= 15 is 0 Å².